The molecule has 0 spiro atoms. The minimum atomic E-state index is -0.921. The summed E-state index contributed by atoms with van der Waals surface area (Å²) in [6, 6.07) is 0. The van der Waals surface area contributed by atoms with Gasteiger partial charge in [-0.1, -0.05) is 0 Å². The third-order valence-electron chi connectivity index (χ3n) is 1.44. The van der Waals surface area contributed by atoms with Crippen LogP contribution < -0.4 is 0 Å². The summed E-state index contributed by atoms with van der Waals surface area (Å²) >= 11 is 0. The van der Waals surface area contributed by atoms with E-state index in [1.165, 1.54) is 0 Å². The summed E-state index contributed by atoms with van der Waals surface area (Å²) < 4.78 is 4.78. The molecule has 1 fully saturated rings. The van der Waals surface area contributed by atoms with Crippen molar-refractivity contribution >= 4 is 0 Å². The van der Waals surface area contributed by atoms with Crippen LogP contribution in [0.3, 0.4) is 0 Å². The minimum Gasteiger partial charge on any atom is -0.394 e. The largest absolute Gasteiger partial charge is 0.394 e. The number of hydrogen-bond donors (Lipinski definition) is 3. The second kappa shape index (κ2) is 4.26. The van der Waals surface area contributed by atoms with Crippen molar-refractivity contribution in [3.63, 3.8) is 0 Å². The average molecular weight is 193 g/mol. The molecule has 64 valence electrons. The smallest absolute Gasteiger partial charge is 0.110 e. The number of aliphatic hydroxyl groups excluding tert-OH is 3. The molecular weight excluding hydrogens is 183 g/mol. The van der Waals surface area contributed by atoms with Crippen LogP contribution >= 0.6 is 0 Å². The van der Waals surface area contributed by atoms with Gasteiger partial charge in [-0.3, -0.25) is 0 Å². The van der Waals surface area contributed by atoms with Crippen LogP contribution in [-0.4, -0.2) is 46.8 Å². The Morgan fingerprint density at radius 3 is 2.20 bits per heavy atom. The third-order valence-corrected chi connectivity index (χ3v) is 1.44. The molecule has 0 bridgehead atoms. The van der Waals surface area contributed by atoms with Gasteiger partial charge in [0.05, 0.1) is 13.2 Å². The average Bonchev–Trinajstić information content (AvgIpc) is 2.15. The molecular formula is C5H10NiO4. The van der Waals surface area contributed by atoms with Gasteiger partial charge in [-0.25, -0.2) is 0 Å². The number of aliphatic hydroxyl groups is 3. The second-order valence-electron chi connectivity index (χ2n) is 2.11. The molecule has 1 aliphatic rings. The van der Waals surface area contributed by atoms with E-state index in [1.54, 1.807) is 0 Å². The van der Waals surface area contributed by atoms with Crippen molar-refractivity contribution in [2.75, 3.05) is 13.2 Å². The van der Waals surface area contributed by atoms with Crippen molar-refractivity contribution in [1.29, 1.82) is 0 Å². The Morgan fingerprint density at radius 2 is 2.00 bits per heavy atom. The summed E-state index contributed by atoms with van der Waals surface area (Å²) in [7, 11) is 0. The molecule has 1 heterocycles. The standard InChI is InChI=1S/C5H10O4.Ni/c6-1-4-5(8)3(7)2-9-4;/h3-8H,1-2H2;/t3-,4+,5-;/m0./s1. The molecule has 5 heteroatoms. The van der Waals surface area contributed by atoms with E-state index in [1.807, 2.05) is 0 Å². The maximum atomic E-state index is 8.92. The van der Waals surface area contributed by atoms with Gasteiger partial charge in [0, 0.05) is 16.5 Å². The van der Waals surface area contributed by atoms with Crippen LogP contribution in [0.5, 0.6) is 0 Å². The molecule has 10 heavy (non-hydrogen) atoms. The molecule has 1 saturated heterocycles. The van der Waals surface area contributed by atoms with Crippen molar-refractivity contribution in [3.8, 4) is 0 Å². The molecule has 0 radical (unpaired) electrons. The molecule has 3 atom stereocenters. The van der Waals surface area contributed by atoms with Crippen LogP contribution in [-0.2, 0) is 21.2 Å². The zero-order valence-corrected chi connectivity index (χ0v) is 6.20. The van der Waals surface area contributed by atoms with Gasteiger partial charge >= 0.3 is 0 Å². The first-order chi connectivity index (χ1) is 4.25. The van der Waals surface area contributed by atoms with Crippen LogP contribution in [0.25, 0.3) is 0 Å². The van der Waals surface area contributed by atoms with Gasteiger partial charge in [-0.05, 0) is 0 Å². The van der Waals surface area contributed by atoms with E-state index in [-0.39, 0.29) is 29.7 Å². The Labute approximate surface area is 68.7 Å². The number of hydrogen-bond acceptors (Lipinski definition) is 4. The zero-order valence-electron chi connectivity index (χ0n) is 5.21. The van der Waals surface area contributed by atoms with Crippen molar-refractivity contribution in [2.24, 2.45) is 0 Å². The molecule has 1 rings (SSSR count). The first kappa shape index (κ1) is 10.3. The quantitative estimate of drug-likeness (QED) is 0.425. The Hall–Kier alpha value is 0.334. The van der Waals surface area contributed by atoms with Gasteiger partial charge in [0.15, 0.2) is 0 Å². The Bertz CT molecular complexity index is 99.6. The molecule has 1 aliphatic heterocycles. The topological polar surface area (TPSA) is 69.9 Å². The minimum absolute atomic E-state index is 0. The molecule has 0 aromatic rings. The summed E-state index contributed by atoms with van der Waals surface area (Å²) in [5.41, 5.74) is 0. The molecule has 4 nitrogen and oxygen atoms in total. The fourth-order valence-corrected chi connectivity index (χ4v) is 0.828. The fourth-order valence-electron chi connectivity index (χ4n) is 0.828. The molecule has 0 aliphatic carbocycles. The van der Waals surface area contributed by atoms with Gasteiger partial charge in [0.25, 0.3) is 0 Å². The summed E-state index contributed by atoms with van der Waals surface area (Å²) in [5, 5.41) is 26.2. The van der Waals surface area contributed by atoms with E-state index in [0.717, 1.165) is 0 Å². The summed E-state index contributed by atoms with van der Waals surface area (Å²) in [6.45, 7) is -0.120. The van der Waals surface area contributed by atoms with Gasteiger partial charge in [0.1, 0.15) is 18.3 Å². The Kier molecular flexibility index (Phi) is 4.40. The Morgan fingerprint density at radius 1 is 1.40 bits per heavy atom. The van der Waals surface area contributed by atoms with Crippen molar-refractivity contribution in [2.45, 2.75) is 18.3 Å². The van der Waals surface area contributed by atoms with Crippen LogP contribution in [0.2, 0.25) is 0 Å². The molecule has 0 amide bonds. The van der Waals surface area contributed by atoms with Gasteiger partial charge < -0.3 is 20.1 Å². The summed E-state index contributed by atoms with van der Waals surface area (Å²) in [6.07, 6.45) is -2.35. The van der Waals surface area contributed by atoms with Crippen LogP contribution in [0.1, 0.15) is 0 Å². The number of rotatable bonds is 1. The van der Waals surface area contributed by atoms with Crippen molar-refractivity contribution < 1.29 is 36.5 Å². The van der Waals surface area contributed by atoms with E-state index in [4.69, 9.17) is 20.1 Å². The first-order valence-corrected chi connectivity index (χ1v) is 2.84. The normalized spacial score (nSPS) is 39.3. The Balaban J connectivity index is 0.000000810. The maximum Gasteiger partial charge on any atom is 0.110 e. The van der Waals surface area contributed by atoms with E-state index < -0.39 is 18.3 Å². The first-order valence-electron chi connectivity index (χ1n) is 2.84. The van der Waals surface area contributed by atoms with Gasteiger partial charge in [0.2, 0.25) is 0 Å². The predicted octanol–water partition coefficient (Wildman–Crippen LogP) is -1.90. The van der Waals surface area contributed by atoms with Gasteiger partial charge in [-0.2, -0.15) is 0 Å². The summed E-state index contributed by atoms with van der Waals surface area (Å²) in [4.78, 5) is 0. The number of ether oxygens (including phenoxy) is 1. The summed E-state index contributed by atoms with van der Waals surface area (Å²) in [5.74, 6) is 0. The molecule has 0 aromatic carbocycles. The van der Waals surface area contributed by atoms with Crippen molar-refractivity contribution in [3.05, 3.63) is 0 Å². The molecule has 3 N–H and O–H groups in total. The van der Waals surface area contributed by atoms with Crippen molar-refractivity contribution in [1.82, 2.24) is 0 Å². The van der Waals surface area contributed by atoms with Crippen LogP contribution in [0, 0.1) is 0 Å². The van der Waals surface area contributed by atoms with E-state index in [0.29, 0.717) is 0 Å². The zero-order chi connectivity index (χ0) is 6.85. The molecule has 0 unspecified atom stereocenters. The van der Waals surface area contributed by atoms with E-state index in [9.17, 15) is 0 Å². The van der Waals surface area contributed by atoms with E-state index >= 15 is 0 Å². The van der Waals surface area contributed by atoms with E-state index in [2.05, 4.69) is 0 Å². The van der Waals surface area contributed by atoms with Crippen LogP contribution in [0.4, 0.5) is 0 Å². The van der Waals surface area contributed by atoms with Crippen LogP contribution in [0.15, 0.2) is 0 Å². The molecule has 0 aromatic heterocycles. The maximum absolute atomic E-state index is 8.92. The monoisotopic (exact) mass is 192 g/mol. The third kappa shape index (κ3) is 1.91. The fraction of sp³-hybridized carbons (Fsp3) is 1.00. The SMILES string of the molecule is OC[C@H]1OC[C@H](O)[C@@H]1O.[Ni]. The second-order valence-corrected chi connectivity index (χ2v) is 2.11. The molecule has 0 saturated carbocycles. The predicted molar refractivity (Wildman–Crippen MR) is 28.8 cm³/mol. The van der Waals surface area contributed by atoms with Gasteiger partial charge in [-0.15, -0.1) is 0 Å².